The number of fused-ring (bicyclic) bond motifs is 5. The maximum absolute atomic E-state index is 2.42. The number of hydrogen-bond acceptors (Lipinski definition) is 0. The third-order valence-electron chi connectivity index (χ3n) is 4.60. The molecule has 0 radical (unpaired) electrons. The smallest absolute Gasteiger partial charge is 0.0349 e. The van der Waals surface area contributed by atoms with E-state index in [1.807, 2.05) is 0 Å². The first kappa shape index (κ1) is 6.51. The van der Waals surface area contributed by atoms with E-state index < -0.39 is 0 Å². The zero-order valence-electron chi connectivity index (χ0n) is 7.59. The summed E-state index contributed by atoms with van der Waals surface area (Å²) in [6.07, 6.45) is 4.81. The van der Waals surface area contributed by atoms with Crippen molar-refractivity contribution in [2.45, 2.75) is 33.1 Å². The molecule has 3 rings (SSSR count). The number of hydrogen-bond donors (Lipinski definition) is 0. The van der Waals surface area contributed by atoms with Crippen LogP contribution >= 0.6 is 0 Å². The summed E-state index contributed by atoms with van der Waals surface area (Å²) in [4.78, 5) is 0. The summed E-state index contributed by atoms with van der Waals surface area (Å²) in [5.41, 5.74) is 0. The Bertz CT molecular complexity index is 182. The van der Waals surface area contributed by atoms with Crippen LogP contribution in [0.1, 0.15) is 33.1 Å². The van der Waals surface area contributed by atoms with Crippen molar-refractivity contribution in [3.63, 3.8) is 0 Å². The van der Waals surface area contributed by atoms with Crippen molar-refractivity contribution in [1.29, 1.82) is 0 Å². The average Bonchev–Trinajstić information content (AvgIpc) is 2.57. The first-order chi connectivity index (χ1) is 5.27. The minimum Gasteiger partial charge on any atom is -0.0625 e. The molecule has 0 aromatic heterocycles. The Morgan fingerprint density at radius 1 is 0.909 bits per heavy atom. The van der Waals surface area contributed by atoms with Crippen molar-refractivity contribution in [2.24, 2.45) is 35.5 Å². The van der Waals surface area contributed by atoms with Crippen LogP contribution in [0.15, 0.2) is 0 Å². The quantitative estimate of drug-likeness (QED) is 0.539. The molecular formula is C11H18. The van der Waals surface area contributed by atoms with E-state index >= 15 is 0 Å². The zero-order chi connectivity index (χ0) is 7.59. The molecule has 0 spiro atoms. The van der Waals surface area contributed by atoms with Gasteiger partial charge >= 0.3 is 0 Å². The second-order valence-corrected chi connectivity index (χ2v) is 5.37. The van der Waals surface area contributed by atoms with Crippen molar-refractivity contribution in [2.75, 3.05) is 0 Å². The van der Waals surface area contributed by atoms with E-state index in [1.54, 1.807) is 19.3 Å². The molecule has 0 amide bonds. The minimum atomic E-state index is 0.964. The van der Waals surface area contributed by atoms with Gasteiger partial charge in [0.05, 0.1) is 0 Å². The molecule has 0 heteroatoms. The van der Waals surface area contributed by atoms with Crippen LogP contribution in [0, 0.1) is 35.5 Å². The molecule has 3 aliphatic carbocycles. The second kappa shape index (κ2) is 1.84. The second-order valence-electron chi connectivity index (χ2n) is 5.37. The van der Waals surface area contributed by atoms with Gasteiger partial charge in [0.25, 0.3) is 0 Å². The maximum atomic E-state index is 2.42. The summed E-state index contributed by atoms with van der Waals surface area (Å²) in [6.45, 7) is 4.84. The largest absolute Gasteiger partial charge is 0.0625 e. The van der Waals surface area contributed by atoms with E-state index in [9.17, 15) is 0 Å². The summed E-state index contributed by atoms with van der Waals surface area (Å²) < 4.78 is 0. The lowest BCUT2D eigenvalue weighted by Crippen LogP contribution is -2.18. The molecule has 0 aliphatic heterocycles. The van der Waals surface area contributed by atoms with Gasteiger partial charge in [0.1, 0.15) is 0 Å². The van der Waals surface area contributed by atoms with Crippen LogP contribution in [0.5, 0.6) is 0 Å². The van der Waals surface area contributed by atoms with Gasteiger partial charge in [0.2, 0.25) is 0 Å². The lowest BCUT2D eigenvalue weighted by molar-refractivity contribution is 0.243. The Balaban J connectivity index is 1.82. The summed E-state index contributed by atoms with van der Waals surface area (Å²) in [6, 6.07) is 0. The molecule has 2 bridgehead atoms. The fourth-order valence-corrected chi connectivity index (χ4v) is 4.02. The SMILES string of the molecule is CC(C)C1CC2CC1C1CC21. The zero-order valence-corrected chi connectivity index (χ0v) is 7.59. The van der Waals surface area contributed by atoms with Gasteiger partial charge in [-0.2, -0.15) is 0 Å². The Morgan fingerprint density at radius 3 is 2.27 bits per heavy atom. The fraction of sp³-hybridized carbons (Fsp3) is 1.00. The van der Waals surface area contributed by atoms with E-state index in [0.717, 1.165) is 11.8 Å². The van der Waals surface area contributed by atoms with E-state index in [-0.39, 0.29) is 0 Å². The molecule has 11 heavy (non-hydrogen) atoms. The van der Waals surface area contributed by atoms with Crippen LogP contribution in [-0.2, 0) is 0 Å². The summed E-state index contributed by atoms with van der Waals surface area (Å²) in [5.74, 6) is 6.86. The van der Waals surface area contributed by atoms with Gasteiger partial charge in [-0.25, -0.2) is 0 Å². The molecule has 0 aromatic rings. The summed E-state index contributed by atoms with van der Waals surface area (Å²) in [7, 11) is 0. The Hall–Kier alpha value is 0. The minimum absolute atomic E-state index is 0.964. The third kappa shape index (κ3) is 0.711. The molecule has 0 saturated heterocycles. The highest BCUT2D eigenvalue weighted by atomic mass is 14.7. The highest BCUT2D eigenvalue weighted by Gasteiger charge is 2.60. The predicted molar refractivity (Wildman–Crippen MR) is 46.1 cm³/mol. The molecule has 3 saturated carbocycles. The van der Waals surface area contributed by atoms with Crippen LogP contribution in [0.2, 0.25) is 0 Å². The number of rotatable bonds is 1. The van der Waals surface area contributed by atoms with Gasteiger partial charge in [0.15, 0.2) is 0 Å². The van der Waals surface area contributed by atoms with Crippen molar-refractivity contribution in [3.8, 4) is 0 Å². The predicted octanol–water partition coefficient (Wildman–Crippen LogP) is 2.93. The van der Waals surface area contributed by atoms with Crippen molar-refractivity contribution in [3.05, 3.63) is 0 Å². The molecule has 0 heterocycles. The molecule has 5 unspecified atom stereocenters. The summed E-state index contributed by atoms with van der Waals surface area (Å²) in [5, 5.41) is 0. The van der Waals surface area contributed by atoms with Crippen LogP contribution in [0.4, 0.5) is 0 Å². The molecule has 3 fully saturated rings. The van der Waals surface area contributed by atoms with Crippen molar-refractivity contribution in [1.82, 2.24) is 0 Å². The van der Waals surface area contributed by atoms with E-state index in [0.29, 0.717) is 0 Å². The van der Waals surface area contributed by atoms with Gasteiger partial charge in [0, 0.05) is 0 Å². The molecular weight excluding hydrogens is 132 g/mol. The van der Waals surface area contributed by atoms with Crippen molar-refractivity contribution >= 4 is 0 Å². The van der Waals surface area contributed by atoms with Gasteiger partial charge in [-0.3, -0.25) is 0 Å². The molecule has 0 aromatic carbocycles. The lowest BCUT2D eigenvalue weighted by Gasteiger charge is -2.24. The molecule has 3 aliphatic rings. The van der Waals surface area contributed by atoms with Crippen LogP contribution < -0.4 is 0 Å². The van der Waals surface area contributed by atoms with E-state index in [1.165, 1.54) is 23.7 Å². The van der Waals surface area contributed by atoms with Gasteiger partial charge in [-0.1, -0.05) is 13.8 Å². The van der Waals surface area contributed by atoms with Gasteiger partial charge in [-0.15, -0.1) is 0 Å². The molecule has 5 atom stereocenters. The highest BCUT2D eigenvalue weighted by molar-refractivity contribution is 5.09. The topological polar surface area (TPSA) is 0 Å². The monoisotopic (exact) mass is 150 g/mol. The van der Waals surface area contributed by atoms with E-state index in [2.05, 4.69) is 13.8 Å². The lowest BCUT2D eigenvalue weighted by atomic mass is 9.81. The van der Waals surface area contributed by atoms with Gasteiger partial charge in [-0.05, 0) is 54.8 Å². The third-order valence-corrected chi connectivity index (χ3v) is 4.60. The Morgan fingerprint density at radius 2 is 1.73 bits per heavy atom. The molecule has 0 nitrogen and oxygen atoms in total. The Labute approximate surface area is 69.4 Å². The van der Waals surface area contributed by atoms with Crippen LogP contribution in [0.3, 0.4) is 0 Å². The molecule has 62 valence electrons. The normalized spacial score (nSPS) is 58.6. The van der Waals surface area contributed by atoms with Crippen LogP contribution in [-0.4, -0.2) is 0 Å². The average molecular weight is 150 g/mol. The highest BCUT2D eigenvalue weighted by Crippen LogP contribution is 2.68. The first-order valence-electron chi connectivity index (χ1n) is 5.27. The first-order valence-corrected chi connectivity index (χ1v) is 5.27. The standard InChI is InChI=1S/C11H18/c1-6(2)8-3-7-4-10(8)11-5-9(7)11/h6-11H,3-5H2,1-2H3. The molecule has 0 N–H and O–H groups in total. The van der Waals surface area contributed by atoms with Crippen molar-refractivity contribution < 1.29 is 0 Å². The van der Waals surface area contributed by atoms with Crippen LogP contribution in [0.25, 0.3) is 0 Å². The Kier molecular flexibility index (Phi) is 1.09. The van der Waals surface area contributed by atoms with Gasteiger partial charge < -0.3 is 0 Å². The fourth-order valence-electron chi connectivity index (χ4n) is 4.02. The van der Waals surface area contributed by atoms with E-state index in [4.69, 9.17) is 0 Å². The maximum Gasteiger partial charge on any atom is -0.0349 e. The summed E-state index contributed by atoms with van der Waals surface area (Å²) >= 11 is 0.